The van der Waals surface area contributed by atoms with Gasteiger partial charge >= 0.3 is 6.03 Å². The molecule has 1 rings (SSSR count). The second kappa shape index (κ2) is 3.87. The zero-order valence-electron chi connectivity index (χ0n) is 7.49. The summed E-state index contributed by atoms with van der Waals surface area (Å²) in [6.07, 6.45) is 0. The Bertz CT molecular complexity index is 264. The van der Waals surface area contributed by atoms with Gasteiger partial charge in [0.15, 0.2) is 0 Å². The van der Waals surface area contributed by atoms with Crippen LogP contribution in [-0.4, -0.2) is 33.2 Å². The van der Waals surface area contributed by atoms with Gasteiger partial charge in [0.05, 0.1) is 5.75 Å². The first-order valence-electron chi connectivity index (χ1n) is 3.99. The Morgan fingerprint density at radius 2 is 2.08 bits per heavy atom. The molecule has 1 fully saturated rings. The average Bonchev–Trinajstić information content (AvgIpc) is 2.30. The highest BCUT2D eigenvalue weighted by atomic mass is 32.2. The summed E-state index contributed by atoms with van der Waals surface area (Å²) < 4.78 is 11.3. The van der Waals surface area contributed by atoms with E-state index in [2.05, 4.69) is 10.6 Å². The van der Waals surface area contributed by atoms with Crippen LogP contribution in [0.15, 0.2) is 0 Å². The quantitative estimate of drug-likeness (QED) is 0.600. The molecule has 6 heteroatoms. The van der Waals surface area contributed by atoms with Gasteiger partial charge in [0.25, 0.3) is 5.91 Å². The summed E-state index contributed by atoms with van der Waals surface area (Å²) in [6.45, 7) is 3.62. The van der Waals surface area contributed by atoms with Crippen LogP contribution in [0.2, 0.25) is 0 Å². The van der Waals surface area contributed by atoms with Crippen molar-refractivity contribution in [2.45, 2.75) is 25.1 Å². The highest BCUT2D eigenvalue weighted by Gasteiger charge is 2.31. The minimum atomic E-state index is -1.07. The van der Waals surface area contributed by atoms with Crippen molar-refractivity contribution < 1.29 is 13.8 Å². The molecule has 0 aliphatic carbocycles. The molecule has 2 N–H and O–H groups in total. The van der Waals surface area contributed by atoms with Gasteiger partial charge in [-0.3, -0.25) is 14.3 Å². The maximum atomic E-state index is 11.3. The molecule has 2 unspecified atom stereocenters. The van der Waals surface area contributed by atoms with E-state index < -0.39 is 22.9 Å². The van der Waals surface area contributed by atoms with Crippen LogP contribution in [0.5, 0.6) is 0 Å². The molecule has 0 radical (unpaired) electrons. The average molecular weight is 204 g/mol. The zero-order valence-corrected chi connectivity index (χ0v) is 8.31. The van der Waals surface area contributed by atoms with Crippen LogP contribution in [0.4, 0.5) is 4.79 Å². The Morgan fingerprint density at radius 3 is 2.46 bits per heavy atom. The monoisotopic (exact) mass is 204 g/mol. The summed E-state index contributed by atoms with van der Waals surface area (Å²) in [5.74, 6) is -0.200. The van der Waals surface area contributed by atoms with Crippen LogP contribution in [0.3, 0.4) is 0 Å². The first-order chi connectivity index (χ1) is 6.00. The van der Waals surface area contributed by atoms with Crippen molar-refractivity contribution in [2.24, 2.45) is 0 Å². The molecule has 0 aromatic heterocycles. The molecular weight excluding hydrogens is 192 g/mol. The number of hydrogen-bond acceptors (Lipinski definition) is 3. The lowest BCUT2D eigenvalue weighted by Crippen LogP contribution is -2.36. The van der Waals surface area contributed by atoms with Crippen LogP contribution in [0.25, 0.3) is 0 Å². The van der Waals surface area contributed by atoms with Gasteiger partial charge in [-0.1, -0.05) is 13.8 Å². The van der Waals surface area contributed by atoms with Gasteiger partial charge in [-0.05, 0) is 0 Å². The van der Waals surface area contributed by atoms with E-state index >= 15 is 0 Å². The molecule has 2 atom stereocenters. The van der Waals surface area contributed by atoms with E-state index in [1.54, 1.807) is 0 Å². The Hall–Kier alpha value is -0.910. The van der Waals surface area contributed by atoms with Gasteiger partial charge in [-0.15, -0.1) is 0 Å². The summed E-state index contributed by atoms with van der Waals surface area (Å²) in [5.41, 5.74) is 0. The number of carbonyl (C=O) groups is 2. The van der Waals surface area contributed by atoms with Gasteiger partial charge < -0.3 is 5.32 Å². The van der Waals surface area contributed by atoms with E-state index in [0.29, 0.717) is 0 Å². The van der Waals surface area contributed by atoms with Crippen molar-refractivity contribution in [1.82, 2.24) is 10.6 Å². The minimum absolute atomic E-state index is 0.00491. The van der Waals surface area contributed by atoms with E-state index in [1.165, 1.54) is 0 Å². The van der Waals surface area contributed by atoms with Gasteiger partial charge in [-0.2, -0.15) is 0 Å². The largest absolute Gasteiger partial charge is 0.325 e. The first kappa shape index (κ1) is 10.2. The first-order valence-corrected chi connectivity index (χ1v) is 5.37. The molecule has 1 heterocycles. The molecule has 0 bridgehead atoms. The summed E-state index contributed by atoms with van der Waals surface area (Å²) in [6, 6.07) is -1.13. The smallest absolute Gasteiger partial charge is 0.322 e. The van der Waals surface area contributed by atoms with Gasteiger partial charge in [0.1, 0.15) is 6.04 Å². The lowest BCUT2D eigenvalue weighted by Gasteiger charge is -2.08. The van der Waals surface area contributed by atoms with Gasteiger partial charge in [0, 0.05) is 16.0 Å². The molecule has 1 aliphatic rings. The molecule has 0 aromatic rings. The number of nitrogens with one attached hydrogen (secondary N) is 2. The van der Waals surface area contributed by atoms with Gasteiger partial charge in [0.2, 0.25) is 0 Å². The standard InChI is InChI=1S/C7H12N2O3S/c1-4(2)13(12)3-5-6(10)9-7(11)8-5/h4-5H,3H2,1-2H3,(H2,8,9,10,11). The SMILES string of the molecule is CC(C)S(=O)CC1NC(=O)NC1=O. The lowest BCUT2D eigenvalue weighted by molar-refractivity contribution is -0.119. The fourth-order valence-electron chi connectivity index (χ4n) is 0.933. The van der Waals surface area contributed by atoms with E-state index in [-0.39, 0.29) is 16.9 Å². The van der Waals surface area contributed by atoms with Crippen LogP contribution in [-0.2, 0) is 15.6 Å². The lowest BCUT2D eigenvalue weighted by atomic mass is 10.3. The number of rotatable bonds is 3. The number of amides is 3. The summed E-state index contributed by atoms with van der Waals surface area (Å²) in [5, 5.41) is 4.49. The maximum absolute atomic E-state index is 11.3. The van der Waals surface area contributed by atoms with Crippen molar-refractivity contribution in [2.75, 3.05) is 5.75 Å². The normalized spacial score (nSPS) is 24.4. The Morgan fingerprint density at radius 1 is 1.46 bits per heavy atom. The Balaban J connectivity index is 2.51. The van der Waals surface area contributed by atoms with Crippen LogP contribution in [0.1, 0.15) is 13.8 Å². The third-order valence-corrected chi connectivity index (χ3v) is 3.43. The second-order valence-electron chi connectivity index (χ2n) is 3.11. The third kappa shape index (κ3) is 2.51. The second-order valence-corrected chi connectivity index (χ2v) is 5.15. The maximum Gasteiger partial charge on any atom is 0.322 e. The van der Waals surface area contributed by atoms with E-state index in [9.17, 15) is 13.8 Å². The molecular formula is C7H12N2O3S. The van der Waals surface area contributed by atoms with E-state index in [0.717, 1.165) is 0 Å². The fraction of sp³-hybridized carbons (Fsp3) is 0.714. The number of carbonyl (C=O) groups excluding carboxylic acids is 2. The number of imide groups is 1. The Labute approximate surface area is 78.7 Å². The highest BCUT2D eigenvalue weighted by Crippen LogP contribution is 2.00. The Kier molecular flexibility index (Phi) is 3.02. The number of hydrogen-bond donors (Lipinski definition) is 2. The highest BCUT2D eigenvalue weighted by molar-refractivity contribution is 7.85. The molecule has 1 saturated heterocycles. The minimum Gasteiger partial charge on any atom is -0.325 e. The topological polar surface area (TPSA) is 75.3 Å². The molecule has 0 saturated carbocycles. The summed E-state index contributed by atoms with van der Waals surface area (Å²) >= 11 is 0. The molecule has 74 valence electrons. The predicted octanol–water partition coefficient (Wildman–Crippen LogP) is -0.649. The number of urea groups is 1. The van der Waals surface area contributed by atoms with Crippen molar-refractivity contribution in [3.63, 3.8) is 0 Å². The van der Waals surface area contributed by atoms with Gasteiger partial charge in [-0.25, -0.2) is 4.79 Å². The molecule has 13 heavy (non-hydrogen) atoms. The molecule has 3 amide bonds. The van der Waals surface area contributed by atoms with Crippen LogP contribution in [0, 0.1) is 0 Å². The molecule has 0 aromatic carbocycles. The van der Waals surface area contributed by atoms with E-state index in [4.69, 9.17) is 0 Å². The molecule has 5 nitrogen and oxygen atoms in total. The van der Waals surface area contributed by atoms with Crippen molar-refractivity contribution in [3.05, 3.63) is 0 Å². The van der Waals surface area contributed by atoms with Crippen molar-refractivity contribution >= 4 is 22.7 Å². The van der Waals surface area contributed by atoms with Crippen LogP contribution >= 0.6 is 0 Å². The third-order valence-electron chi connectivity index (χ3n) is 1.72. The van der Waals surface area contributed by atoms with Crippen molar-refractivity contribution in [1.29, 1.82) is 0 Å². The fourth-order valence-corrected chi connectivity index (χ4v) is 1.88. The summed E-state index contributed by atoms with van der Waals surface area (Å²) in [7, 11) is -1.07. The summed E-state index contributed by atoms with van der Waals surface area (Å²) in [4.78, 5) is 21.7. The molecule has 0 spiro atoms. The predicted molar refractivity (Wildman–Crippen MR) is 48.6 cm³/mol. The molecule has 1 aliphatic heterocycles. The van der Waals surface area contributed by atoms with Crippen LogP contribution < -0.4 is 10.6 Å². The zero-order chi connectivity index (χ0) is 10.0. The van der Waals surface area contributed by atoms with Crippen molar-refractivity contribution in [3.8, 4) is 0 Å². The van der Waals surface area contributed by atoms with E-state index in [1.807, 2.05) is 13.8 Å².